The number of thioether (sulfide) groups is 2. The van der Waals surface area contributed by atoms with Gasteiger partial charge in [0.15, 0.2) is 5.12 Å². The van der Waals surface area contributed by atoms with Crippen LogP contribution in [-0.2, 0) is 23.9 Å². The molecule has 0 bridgehead atoms. The van der Waals surface area contributed by atoms with E-state index in [1.54, 1.807) is 24.3 Å². The van der Waals surface area contributed by atoms with Gasteiger partial charge in [-0.1, -0.05) is 42.1 Å². The van der Waals surface area contributed by atoms with Gasteiger partial charge < -0.3 is 20.7 Å². The minimum atomic E-state index is -0.882. The molecule has 2 aliphatic heterocycles. The molecule has 2 heterocycles. The van der Waals surface area contributed by atoms with Crippen LogP contribution in [0.4, 0.5) is 0 Å². The van der Waals surface area contributed by atoms with Crippen LogP contribution >= 0.6 is 23.5 Å². The van der Waals surface area contributed by atoms with Crippen molar-refractivity contribution < 1.29 is 23.9 Å². The fourth-order valence-electron chi connectivity index (χ4n) is 3.59. The second kappa shape index (κ2) is 8.99. The van der Waals surface area contributed by atoms with Crippen LogP contribution < -0.4 is 11.1 Å². The Morgan fingerprint density at radius 1 is 1.30 bits per heavy atom. The Kier molecular flexibility index (Phi) is 6.78. The summed E-state index contributed by atoms with van der Waals surface area (Å²) in [4.78, 5) is 50.4. The highest BCUT2D eigenvalue weighted by Crippen LogP contribution is 2.51. The second-order valence-electron chi connectivity index (χ2n) is 7.64. The maximum atomic E-state index is 12.8. The molecular formula is C20H25N3O5S2. The number of nitrogens with one attached hydrogen (secondary N) is 1. The van der Waals surface area contributed by atoms with Crippen LogP contribution in [0.25, 0.3) is 0 Å². The highest BCUT2D eigenvalue weighted by molar-refractivity contribution is 8.13. The van der Waals surface area contributed by atoms with E-state index in [1.807, 2.05) is 19.9 Å². The summed E-state index contributed by atoms with van der Waals surface area (Å²) in [5.74, 6) is -0.899. The zero-order valence-corrected chi connectivity index (χ0v) is 18.6. The molecule has 2 aliphatic rings. The highest BCUT2D eigenvalue weighted by atomic mass is 32.2. The third kappa shape index (κ3) is 4.50. The predicted molar refractivity (Wildman–Crippen MR) is 115 cm³/mol. The van der Waals surface area contributed by atoms with Crippen molar-refractivity contribution in [3.8, 4) is 0 Å². The van der Waals surface area contributed by atoms with Crippen LogP contribution in [0.3, 0.4) is 0 Å². The molecule has 1 unspecified atom stereocenters. The quantitative estimate of drug-likeness (QED) is 0.359. The van der Waals surface area contributed by atoms with Gasteiger partial charge in [-0.3, -0.25) is 14.4 Å². The largest absolute Gasteiger partial charge is 0.463 e. The smallest absolute Gasteiger partial charge is 0.330 e. The van der Waals surface area contributed by atoms with E-state index in [1.165, 1.54) is 23.6 Å². The highest BCUT2D eigenvalue weighted by Gasteiger charge is 2.64. The van der Waals surface area contributed by atoms with E-state index in [-0.39, 0.29) is 23.0 Å². The van der Waals surface area contributed by atoms with Crippen LogP contribution in [0.5, 0.6) is 0 Å². The Hall–Kier alpha value is -2.04. The molecule has 3 N–H and O–H groups in total. The average molecular weight is 452 g/mol. The Morgan fingerprint density at radius 3 is 2.60 bits per heavy atom. The average Bonchev–Trinajstić information content (AvgIpc) is 2.96. The fourth-order valence-corrected chi connectivity index (χ4v) is 5.66. The van der Waals surface area contributed by atoms with E-state index >= 15 is 0 Å². The van der Waals surface area contributed by atoms with Crippen molar-refractivity contribution in [3.63, 3.8) is 0 Å². The first kappa shape index (κ1) is 22.6. The number of esters is 1. The second-order valence-corrected chi connectivity index (χ2v) is 10.7. The molecule has 3 rings (SSSR count). The molecule has 10 heteroatoms. The Labute approximate surface area is 183 Å². The minimum absolute atomic E-state index is 0.0481. The third-order valence-electron chi connectivity index (χ3n) is 5.04. The minimum Gasteiger partial charge on any atom is -0.463 e. The zero-order chi connectivity index (χ0) is 22.1. The molecule has 2 saturated heterocycles. The van der Waals surface area contributed by atoms with Crippen LogP contribution in [0.15, 0.2) is 30.3 Å². The number of rotatable bonds is 7. The lowest BCUT2D eigenvalue weighted by atomic mass is 9.95. The van der Waals surface area contributed by atoms with Gasteiger partial charge in [0, 0.05) is 17.4 Å². The van der Waals surface area contributed by atoms with Gasteiger partial charge in [-0.05, 0) is 19.4 Å². The number of ether oxygens (including phenoxy) is 1. The summed E-state index contributed by atoms with van der Waals surface area (Å²) in [7, 11) is 0. The maximum absolute atomic E-state index is 12.8. The first-order valence-corrected chi connectivity index (χ1v) is 11.4. The van der Waals surface area contributed by atoms with Crippen LogP contribution in [0.2, 0.25) is 0 Å². The Balaban J connectivity index is 1.61. The molecule has 162 valence electrons. The van der Waals surface area contributed by atoms with Crippen LogP contribution in [0, 0.1) is 0 Å². The van der Waals surface area contributed by atoms with Crippen molar-refractivity contribution in [1.82, 2.24) is 10.2 Å². The number of nitrogens with two attached hydrogens (primary N) is 1. The Bertz CT molecular complexity index is 848. The SMILES string of the molecule is CC(=O)SCCOC(=O)[C@@H]1N2C(=O)[C@@H](NC(=O)C(N)c3ccccc3)[C@H]2SC1(C)C. The van der Waals surface area contributed by atoms with Gasteiger partial charge in [-0.25, -0.2) is 4.79 Å². The van der Waals surface area contributed by atoms with Gasteiger partial charge in [-0.15, -0.1) is 11.8 Å². The number of carbonyl (C=O) groups is 4. The van der Waals surface area contributed by atoms with E-state index in [0.29, 0.717) is 11.3 Å². The summed E-state index contributed by atoms with van der Waals surface area (Å²) in [6.07, 6.45) is 0. The lowest BCUT2D eigenvalue weighted by molar-refractivity contribution is -0.164. The number of benzene rings is 1. The topological polar surface area (TPSA) is 119 Å². The van der Waals surface area contributed by atoms with E-state index in [2.05, 4.69) is 5.32 Å². The van der Waals surface area contributed by atoms with Crippen molar-refractivity contribution in [2.75, 3.05) is 12.4 Å². The van der Waals surface area contributed by atoms with E-state index in [4.69, 9.17) is 10.5 Å². The van der Waals surface area contributed by atoms with Crippen molar-refractivity contribution in [3.05, 3.63) is 35.9 Å². The van der Waals surface area contributed by atoms with Gasteiger partial charge in [0.05, 0.1) is 0 Å². The van der Waals surface area contributed by atoms with E-state index in [9.17, 15) is 19.2 Å². The summed E-state index contributed by atoms with van der Waals surface area (Å²) in [6, 6.07) is 6.55. The summed E-state index contributed by atoms with van der Waals surface area (Å²) < 4.78 is 4.72. The summed E-state index contributed by atoms with van der Waals surface area (Å²) >= 11 is 2.53. The molecule has 1 aromatic rings. The van der Waals surface area contributed by atoms with Crippen molar-refractivity contribution >= 4 is 46.4 Å². The van der Waals surface area contributed by atoms with Gasteiger partial charge >= 0.3 is 5.97 Å². The number of hydrogen-bond acceptors (Lipinski definition) is 8. The van der Waals surface area contributed by atoms with Crippen LogP contribution in [-0.4, -0.2) is 62.4 Å². The monoisotopic (exact) mass is 451 g/mol. The third-order valence-corrected chi connectivity index (χ3v) is 7.39. The maximum Gasteiger partial charge on any atom is 0.330 e. The van der Waals surface area contributed by atoms with Crippen molar-refractivity contribution in [2.45, 2.75) is 49.0 Å². The summed E-state index contributed by atoms with van der Waals surface area (Å²) in [6.45, 7) is 5.28. The number of fused-ring (bicyclic) bond motifs is 1. The van der Waals surface area contributed by atoms with Crippen molar-refractivity contribution in [1.29, 1.82) is 0 Å². The van der Waals surface area contributed by atoms with Crippen molar-refractivity contribution in [2.24, 2.45) is 5.73 Å². The summed E-state index contributed by atoms with van der Waals surface area (Å²) in [5, 5.41) is 2.32. The number of nitrogens with zero attached hydrogens (tertiary/aromatic N) is 1. The number of amides is 2. The molecule has 2 amide bonds. The first-order valence-electron chi connectivity index (χ1n) is 9.54. The molecule has 8 nitrogen and oxygen atoms in total. The van der Waals surface area contributed by atoms with Gasteiger partial charge in [-0.2, -0.15) is 0 Å². The normalized spacial score (nSPS) is 25.1. The summed E-state index contributed by atoms with van der Waals surface area (Å²) in [5.41, 5.74) is 6.68. The van der Waals surface area contributed by atoms with Gasteiger partial charge in [0.1, 0.15) is 30.1 Å². The molecule has 1 aromatic carbocycles. The lowest BCUT2D eigenvalue weighted by Gasteiger charge is -2.44. The predicted octanol–water partition coefficient (Wildman–Crippen LogP) is 1.06. The molecule has 0 aromatic heterocycles. The molecule has 0 saturated carbocycles. The number of carbonyl (C=O) groups excluding carboxylic acids is 4. The van der Waals surface area contributed by atoms with E-state index < -0.39 is 34.7 Å². The molecule has 0 spiro atoms. The molecule has 30 heavy (non-hydrogen) atoms. The molecule has 4 atom stereocenters. The zero-order valence-electron chi connectivity index (χ0n) is 17.0. The standard InChI is InChI=1S/C20H25N3O5S2/c1-11(24)29-10-9-28-19(27)15-20(2,3)30-18-14(17(26)23(15)18)22-16(25)13(21)12-7-5-4-6-8-12/h4-8,13-15,18H,9-10,21H2,1-3H3,(H,22,25)/t13?,14-,15+,18-/m1/s1. The van der Waals surface area contributed by atoms with Gasteiger partial charge in [0.2, 0.25) is 11.8 Å². The van der Waals surface area contributed by atoms with E-state index in [0.717, 1.165) is 11.8 Å². The van der Waals surface area contributed by atoms with Gasteiger partial charge in [0.25, 0.3) is 0 Å². The Morgan fingerprint density at radius 2 is 1.97 bits per heavy atom. The molecular weight excluding hydrogens is 426 g/mol. The fraction of sp³-hybridized carbons (Fsp3) is 0.500. The molecule has 0 aliphatic carbocycles. The molecule has 0 radical (unpaired) electrons. The first-order chi connectivity index (χ1) is 14.1. The number of hydrogen-bond donors (Lipinski definition) is 2. The number of β-lactam (4-membered cyclic amide) rings is 1. The molecule has 2 fully saturated rings. The van der Waals surface area contributed by atoms with Crippen LogP contribution in [0.1, 0.15) is 32.4 Å². The lowest BCUT2D eigenvalue weighted by Crippen LogP contribution is -2.71.